The van der Waals surface area contributed by atoms with Crippen LogP contribution in [-0.4, -0.2) is 21.1 Å². The highest BCUT2D eigenvalue weighted by atomic mass is 35.5. The van der Waals surface area contributed by atoms with Crippen molar-refractivity contribution in [1.29, 1.82) is 0 Å². The number of nitrogens with one attached hydrogen (secondary N) is 2. The molecule has 1 aromatic carbocycles. The number of carbonyl (C=O) groups is 1. The molecule has 1 amide bonds. The van der Waals surface area contributed by atoms with Crippen molar-refractivity contribution < 1.29 is 9.18 Å². The summed E-state index contributed by atoms with van der Waals surface area (Å²) in [5.41, 5.74) is 1.56. The van der Waals surface area contributed by atoms with Gasteiger partial charge < -0.3 is 10.6 Å². The fourth-order valence-corrected chi connectivity index (χ4v) is 2.19. The van der Waals surface area contributed by atoms with Gasteiger partial charge >= 0.3 is 0 Å². The van der Waals surface area contributed by atoms with Crippen molar-refractivity contribution in [2.75, 3.05) is 10.6 Å². The predicted molar refractivity (Wildman–Crippen MR) is 93.0 cm³/mol. The summed E-state index contributed by atoms with van der Waals surface area (Å²) in [6.45, 7) is 0.566. The number of hydrogen-bond donors (Lipinski definition) is 2. The van der Waals surface area contributed by atoms with Crippen LogP contribution < -0.4 is 10.6 Å². The third kappa shape index (κ3) is 4.48. The van der Waals surface area contributed by atoms with E-state index in [1.54, 1.807) is 24.5 Å². The monoisotopic (exact) mass is 357 g/mol. The van der Waals surface area contributed by atoms with Crippen LogP contribution in [0.15, 0.2) is 54.9 Å². The lowest BCUT2D eigenvalue weighted by Crippen LogP contribution is -2.15. The largest absolute Gasteiger partial charge is 0.365 e. The van der Waals surface area contributed by atoms with Gasteiger partial charge in [-0.15, -0.1) is 10.2 Å². The fourth-order valence-electron chi connectivity index (χ4n) is 2.01. The number of nitrogens with zero attached hydrogens (tertiary/aromatic N) is 3. The van der Waals surface area contributed by atoms with Gasteiger partial charge in [0.25, 0.3) is 5.91 Å². The average molecular weight is 358 g/mol. The van der Waals surface area contributed by atoms with Crippen molar-refractivity contribution in [2.45, 2.75) is 6.54 Å². The van der Waals surface area contributed by atoms with Crippen molar-refractivity contribution in [3.63, 3.8) is 0 Å². The maximum atomic E-state index is 13.1. The first-order chi connectivity index (χ1) is 12.1. The Balaban J connectivity index is 1.61. The van der Waals surface area contributed by atoms with E-state index in [-0.39, 0.29) is 10.7 Å². The number of pyridine rings is 1. The van der Waals surface area contributed by atoms with Gasteiger partial charge in [0.2, 0.25) is 0 Å². The summed E-state index contributed by atoms with van der Waals surface area (Å²) < 4.78 is 13.1. The maximum absolute atomic E-state index is 13.1. The van der Waals surface area contributed by atoms with Gasteiger partial charge in [0, 0.05) is 24.6 Å². The molecule has 0 aliphatic heterocycles. The summed E-state index contributed by atoms with van der Waals surface area (Å²) in [4.78, 5) is 16.1. The SMILES string of the molecule is O=C(Nc1ccc(F)c(Cl)c1)c1ccc(NCc2ccncc2)nn1. The van der Waals surface area contributed by atoms with Crippen molar-refractivity contribution in [3.05, 3.63) is 77.0 Å². The molecule has 0 saturated heterocycles. The zero-order valence-electron chi connectivity index (χ0n) is 12.9. The molecule has 3 rings (SSSR count). The highest BCUT2D eigenvalue weighted by Gasteiger charge is 2.10. The number of rotatable bonds is 5. The zero-order valence-corrected chi connectivity index (χ0v) is 13.7. The third-order valence-electron chi connectivity index (χ3n) is 3.30. The lowest BCUT2D eigenvalue weighted by atomic mass is 10.2. The third-order valence-corrected chi connectivity index (χ3v) is 3.59. The fraction of sp³-hybridized carbons (Fsp3) is 0.0588. The number of amides is 1. The molecule has 0 unspecified atom stereocenters. The predicted octanol–water partition coefficient (Wildman–Crippen LogP) is 3.53. The molecule has 0 saturated carbocycles. The molecule has 126 valence electrons. The number of carbonyl (C=O) groups excluding carboxylic acids is 1. The molecule has 3 aromatic rings. The van der Waals surface area contributed by atoms with Crippen molar-refractivity contribution in [1.82, 2.24) is 15.2 Å². The summed E-state index contributed by atoms with van der Waals surface area (Å²) >= 11 is 5.68. The van der Waals surface area contributed by atoms with E-state index in [0.717, 1.165) is 5.56 Å². The van der Waals surface area contributed by atoms with Crippen LogP contribution in [0.5, 0.6) is 0 Å². The molecule has 0 fully saturated rings. The normalized spacial score (nSPS) is 10.3. The summed E-state index contributed by atoms with van der Waals surface area (Å²) in [6, 6.07) is 10.9. The molecule has 2 heterocycles. The summed E-state index contributed by atoms with van der Waals surface area (Å²) in [5, 5.41) is 13.5. The molecule has 2 aromatic heterocycles. The Morgan fingerprint density at radius 3 is 2.56 bits per heavy atom. The molecule has 0 bridgehead atoms. The topological polar surface area (TPSA) is 79.8 Å². The van der Waals surface area contributed by atoms with Gasteiger partial charge in [-0.2, -0.15) is 0 Å². The first kappa shape index (κ1) is 16.8. The van der Waals surface area contributed by atoms with Crippen LogP contribution in [0.2, 0.25) is 5.02 Å². The van der Waals surface area contributed by atoms with Crippen molar-refractivity contribution in [3.8, 4) is 0 Å². The van der Waals surface area contributed by atoms with E-state index in [0.29, 0.717) is 18.1 Å². The zero-order chi connectivity index (χ0) is 17.6. The highest BCUT2D eigenvalue weighted by molar-refractivity contribution is 6.31. The Bertz CT molecular complexity index is 874. The molecule has 8 heteroatoms. The van der Waals surface area contributed by atoms with E-state index in [4.69, 9.17) is 11.6 Å². The van der Waals surface area contributed by atoms with E-state index >= 15 is 0 Å². The van der Waals surface area contributed by atoms with Crippen LogP contribution in [-0.2, 0) is 6.54 Å². The second-order valence-corrected chi connectivity index (χ2v) is 5.50. The summed E-state index contributed by atoms with van der Waals surface area (Å²) in [6.07, 6.45) is 3.41. The minimum Gasteiger partial charge on any atom is -0.365 e. The highest BCUT2D eigenvalue weighted by Crippen LogP contribution is 2.19. The van der Waals surface area contributed by atoms with Gasteiger partial charge in [0.1, 0.15) is 11.6 Å². The Morgan fingerprint density at radius 1 is 1.08 bits per heavy atom. The van der Waals surface area contributed by atoms with Crippen LogP contribution in [0.4, 0.5) is 15.9 Å². The van der Waals surface area contributed by atoms with Gasteiger partial charge in [0.05, 0.1) is 5.02 Å². The number of hydrogen-bond acceptors (Lipinski definition) is 5. The Hall–Kier alpha value is -3.06. The number of aromatic nitrogens is 3. The van der Waals surface area contributed by atoms with E-state index < -0.39 is 11.7 Å². The van der Waals surface area contributed by atoms with Gasteiger partial charge in [0.15, 0.2) is 5.69 Å². The smallest absolute Gasteiger partial charge is 0.276 e. The van der Waals surface area contributed by atoms with Gasteiger partial charge in [-0.3, -0.25) is 9.78 Å². The second-order valence-electron chi connectivity index (χ2n) is 5.10. The average Bonchev–Trinajstić information content (AvgIpc) is 2.64. The van der Waals surface area contributed by atoms with Crippen LogP contribution in [0, 0.1) is 5.82 Å². The first-order valence-corrected chi connectivity index (χ1v) is 7.72. The minimum atomic E-state index is -0.552. The maximum Gasteiger partial charge on any atom is 0.276 e. The van der Waals surface area contributed by atoms with E-state index in [1.165, 1.54) is 18.2 Å². The van der Waals surface area contributed by atoms with Crippen LogP contribution >= 0.6 is 11.6 Å². The molecule has 0 spiro atoms. The van der Waals surface area contributed by atoms with Crippen LogP contribution in [0.25, 0.3) is 0 Å². The van der Waals surface area contributed by atoms with Gasteiger partial charge in [-0.05, 0) is 48.0 Å². The standard InChI is InChI=1S/C17H13ClFN5O/c18-13-9-12(1-2-14(13)19)22-17(25)15-3-4-16(24-23-15)21-10-11-5-7-20-8-6-11/h1-9H,10H2,(H,21,24)(H,22,25). The Labute approximate surface area is 148 Å². The summed E-state index contributed by atoms with van der Waals surface area (Å²) in [7, 11) is 0. The van der Waals surface area contributed by atoms with E-state index in [2.05, 4.69) is 25.8 Å². The number of halogens is 2. The molecule has 0 aliphatic carbocycles. The van der Waals surface area contributed by atoms with E-state index in [9.17, 15) is 9.18 Å². The molecular formula is C17H13ClFN5O. The van der Waals surface area contributed by atoms with Crippen LogP contribution in [0.3, 0.4) is 0 Å². The first-order valence-electron chi connectivity index (χ1n) is 7.35. The van der Waals surface area contributed by atoms with Crippen molar-refractivity contribution in [2.24, 2.45) is 0 Å². The number of benzene rings is 1. The molecule has 6 nitrogen and oxygen atoms in total. The Kier molecular flexibility index (Phi) is 5.15. The van der Waals surface area contributed by atoms with Gasteiger partial charge in [-0.25, -0.2) is 4.39 Å². The Morgan fingerprint density at radius 2 is 1.88 bits per heavy atom. The molecule has 0 atom stereocenters. The van der Waals surface area contributed by atoms with Crippen LogP contribution in [0.1, 0.15) is 16.1 Å². The molecular weight excluding hydrogens is 345 g/mol. The lowest BCUT2D eigenvalue weighted by molar-refractivity contribution is 0.102. The molecule has 25 heavy (non-hydrogen) atoms. The molecule has 0 aliphatic rings. The lowest BCUT2D eigenvalue weighted by Gasteiger charge is -2.07. The minimum absolute atomic E-state index is 0.0699. The molecule has 2 N–H and O–H groups in total. The second kappa shape index (κ2) is 7.67. The van der Waals surface area contributed by atoms with Crippen molar-refractivity contribution >= 4 is 29.0 Å². The van der Waals surface area contributed by atoms with Gasteiger partial charge in [-0.1, -0.05) is 11.6 Å². The molecule has 0 radical (unpaired) electrons. The number of anilines is 2. The summed E-state index contributed by atoms with van der Waals surface area (Å²) in [5.74, 6) is -0.474. The quantitative estimate of drug-likeness (QED) is 0.730. The van der Waals surface area contributed by atoms with E-state index in [1.807, 2.05) is 12.1 Å².